The number of aliphatic imine (C=N–C) groups is 1. The molecule has 1 aliphatic rings. The van der Waals surface area contributed by atoms with Crippen molar-refractivity contribution in [1.82, 2.24) is 15.5 Å². The van der Waals surface area contributed by atoms with Gasteiger partial charge in [-0.1, -0.05) is 39.5 Å². The van der Waals surface area contributed by atoms with Crippen LogP contribution >= 0.6 is 24.0 Å². The van der Waals surface area contributed by atoms with Gasteiger partial charge < -0.3 is 15.5 Å². The van der Waals surface area contributed by atoms with E-state index in [9.17, 15) is 0 Å². The van der Waals surface area contributed by atoms with Crippen molar-refractivity contribution in [2.75, 3.05) is 27.7 Å². The third-order valence-electron chi connectivity index (χ3n) is 4.65. The maximum Gasteiger partial charge on any atom is 0.191 e. The highest BCUT2D eigenvalue weighted by atomic mass is 127. The average molecular weight is 410 g/mol. The second-order valence-electron chi connectivity index (χ2n) is 6.19. The Morgan fingerprint density at radius 3 is 2.19 bits per heavy atom. The van der Waals surface area contributed by atoms with Gasteiger partial charge in [0, 0.05) is 25.7 Å². The molecular formula is C16H35IN4. The van der Waals surface area contributed by atoms with Crippen molar-refractivity contribution in [2.24, 2.45) is 10.9 Å². The van der Waals surface area contributed by atoms with E-state index in [-0.39, 0.29) is 24.0 Å². The third kappa shape index (κ3) is 7.17. The van der Waals surface area contributed by atoms with Gasteiger partial charge in [0.1, 0.15) is 0 Å². The summed E-state index contributed by atoms with van der Waals surface area (Å²) >= 11 is 0. The first-order valence-corrected chi connectivity index (χ1v) is 8.25. The Hall–Kier alpha value is -0.0400. The standard InChI is InChI=1S/C16H34N4.HI/c1-6-13(7-2)15(20(4)5)12-18-16(17-3)19-14-10-8-9-11-14;/h13-15H,6-12H2,1-5H3,(H2,17,18,19);1H. The fourth-order valence-electron chi connectivity index (χ4n) is 3.26. The molecule has 0 radical (unpaired) electrons. The normalized spacial score (nSPS) is 18.0. The molecule has 21 heavy (non-hydrogen) atoms. The molecule has 0 aromatic rings. The number of hydrogen-bond acceptors (Lipinski definition) is 2. The molecular weight excluding hydrogens is 375 g/mol. The Morgan fingerprint density at radius 2 is 1.76 bits per heavy atom. The van der Waals surface area contributed by atoms with Gasteiger partial charge in [-0.15, -0.1) is 24.0 Å². The number of guanidine groups is 1. The Kier molecular flexibility index (Phi) is 11.5. The van der Waals surface area contributed by atoms with E-state index in [0.717, 1.165) is 18.4 Å². The fourth-order valence-corrected chi connectivity index (χ4v) is 3.26. The molecule has 0 aromatic heterocycles. The van der Waals surface area contributed by atoms with E-state index in [1.807, 2.05) is 7.05 Å². The Balaban J connectivity index is 0.00000400. The average Bonchev–Trinajstić information content (AvgIpc) is 2.94. The second kappa shape index (κ2) is 11.5. The summed E-state index contributed by atoms with van der Waals surface area (Å²) in [5, 5.41) is 7.08. The molecule has 1 unspecified atom stereocenters. The minimum Gasteiger partial charge on any atom is -0.355 e. The van der Waals surface area contributed by atoms with E-state index in [4.69, 9.17) is 0 Å². The topological polar surface area (TPSA) is 39.7 Å². The van der Waals surface area contributed by atoms with Crippen molar-refractivity contribution in [3.05, 3.63) is 0 Å². The first-order chi connectivity index (χ1) is 9.62. The predicted molar refractivity (Wildman–Crippen MR) is 104 cm³/mol. The van der Waals surface area contributed by atoms with Gasteiger partial charge in [-0.2, -0.15) is 0 Å². The quantitative estimate of drug-likeness (QED) is 0.385. The Labute approximate surface area is 148 Å². The van der Waals surface area contributed by atoms with Gasteiger partial charge in [0.05, 0.1) is 0 Å². The fraction of sp³-hybridized carbons (Fsp3) is 0.938. The number of nitrogens with one attached hydrogen (secondary N) is 2. The van der Waals surface area contributed by atoms with Crippen LogP contribution in [0.2, 0.25) is 0 Å². The van der Waals surface area contributed by atoms with Crippen molar-refractivity contribution in [3.63, 3.8) is 0 Å². The smallest absolute Gasteiger partial charge is 0.191 e. The van der Waals surface area contributed by atoms with Crippen LogP contribution in [0.4, 0.5) is 0 Å². The second-order valence-corrected chi connectivity index (χ2v) is 6.19. The maximum absolute atomic E-state index is 4.37. The van der Waals surface area contributed by atoms with E-state index in [2.05, 4.69) is 48.5 Å². The van der Waals surface area contributed by atoms with Crippen LogP contribution < -0.4 is 10.6 Å². The first kappa shape index (κ1) is 21.0. The highest BCUT2D eigenvalue weighted by molar-refractivity contribution is 14.0. The molecule has 4 nitrogen and oxygen atoms in total. The summed E-state index contributed by atoms with van der Waals surface area (Å²) in [6, 6.07) is 1.18. The van der Waals surface area contributed by atoms with E-state index >= 15 is 0 Å². The van der Waals surface area contributed by atoms with Crippen molar-refractivity contribution in [2.45, 2.75) is 64.5 Å². The molecule has 0 aromatic carbocycles. The predicted octanol–water partition coefficient (Wildman–Crippen LogP) is 3.08. The summed E-state index contributed by atoms with van der Waals surface area (Å²) in [6.45, 7) is 5.54. The highest BCUT2D eigenvalue weighted by Crippen LogP contribution is 2.18. The van der Waals surface area contributed by atoms with Crippen LogP contribution in [0, 0.1) is 5.92 Å². The summed E-state index contributed by atoms with van der Waals surface area (Å²) in [5.74, 6) is 1.71. The van der Waals surface area contributed by atoms with E-state index in [1.165, 1.54) is 38.5 Å². The van der Waals surface area contributed by atoms with Gasteiger partial charge in [-0.25, -0.2) is 0 Å². The van der Waals surface area contributed by atoms with Crippen molar-refractivity contribution < 1.29 is 0 Å². The molecule has 0 spiro atoms. The van der Waals surface area contributed by atoms with Crippen LogP contribution in [0.3, 0.4) is 0 Å². The molecule has 1 atom stereocenters. The lowest BCUT2D eigenvalue weighted by atomic mass is 9.93. The van der Waals surface area contributed by atoms with Crippen molar-refractivity contribution >= 4 is 29.9 Å². The van der Waals surface area contributed by atoms with Gasteiger partial charge in [-0.05, 0) is 32.9 Å². The SMILES string of the molecule is CCC(CC)C(CNC(=NC)NC1CCCC1)N(C)C.I. The van der Waals surface area contributed by atoms with Gasteiger partial charge in [0.15, 0.2) is 5.96 Å². The molecule has 1 rings (SSSR count). The molecule has 0 amide bonds. The minimum absolute atomic E-state index is 0. The molecule has 2 N–H and O–H groups in total. The summed E-state index contributed by atoms with van der Waals surface area (Å²) in [6.07, 6.45) is 7.73. The van der Waals surface area contributed by atoms with Crippen LogP contribution in [0.25, 0.3) is 0 Å². The number of hydrogen-bond donors (Lipinski definition) is 2. The van der Waals surface area contributed by atoms with Crippen LogP contribution in [0.5, 0.6) is 0 Å². The molecule has 0 saturated heterocycles. The number of rotatable bonds is 7. The molecule has 0 bridgehead atoms. The van der Waals surface area contributed by atoms with Crippen molar-refractivity contribution in [3.8, 4) is 0 Å². The van der Waals surface area contributed by atoms with Crippen LogP contribution in [-0.4, -0.2) is 50.6 Å². The van der Waals surface area contributed by atoms with Crippen LogP contribution in [0.1, 0.15) is 52.4 Å². The first-order valence-electron chi connectivity index (χ1n) is 8.25. The molecule has 1 aliphatic carbocycles. The minimum atomic E-state index is 0. The Morgan fingerprint density at radius 1 is 1.19 bits per heavy atom. The zero-order chi connectivity index (χ0) is 15.0. The third-order valence-corrected chi connectivity index (χ3v) is 4.65. The molecule has 0 heterocycles. The maximum atomic E-state index is 4.37. The summed E-state index contributed by atoms with van der Waals surface area (Å²) in [4.78, 5) is 6.71. The monoisotopic (exact) mass is 410 g/mol. The summed E-state index contributed by atoms with van der Waals surface area (Å²) in [7, 11) is 6.22. The molecule has 0 aliphatic heterocycles. The van der Waals surface area contributed by atoms with E-state index in [0.29, 0.717) is 12.1 Å². The van der Waals surface area contributed by atoms with Crippen LogP contribution in [-0.2, 0) is 0 Å². The lowest BCUT2D eigenvalue weighted by Gasteiger charge is -2.32. The lowest BCUT2D eigenvalue weighted by Crippen LogP contribution is -2.49. The lowest BCUT2D eigenvalue weighted by molar-refractivity contribution is 0.200. The molecule has 5 heteroatoms. The summed E-state index contributed by atoms with van der Waals surface area (Å²) in [5.41, 5.74) is 0. The molecule has 126 valence electrons. The zero-order valence-electron chi connectivity index (χ0n) is 14.5. The van der Waals surface area contributed by atoms with Crippen LogP contribution in [0.15, 0.2) is 4.99 Å². The van der Waals surface area contributed by atoms with E-state index in [1.54, 1.807) is 0 Å². The Bertz CT molecular complexity index is 284. The molecule has 1 fully saturated rings. The van der Waals surface area contributed by atoms with Crippen molar-refractivity contribution in [1.29, 1.82) is 0 Å². The number of likely N-dealkylation sites (N-methyl/N-ethyl adjacent to an activating group) is 1. The van der Waals surface area contributed by atoms with Gasteiger partial charge in [-0.3, -0.25) is 4.99 Å². The van der Waals surface area contributed by atoms with Gasteiger partial charge >= 0.3 is 0 Å². The molecule has 1 saturated carbocycles. The number of nitrogens with zero attached hydrogens (tertiary/aromatic N) is 2. The van der Waals surface area contributed by atoms with E-state index < -0.39 is 0 Å². The largest absolute Gasteiger partial charge is 0.355 e. The zero-order valence-corrected chi connectivity index (χ0v) is 16.8. The summed E-state index contributed by atoms with van der Waals surface area (Å²) < 4.78 is 0. The number of halogens is 1. The van der Waals surface area contributed by atoms with Gasteiger partial charge in [0.2, 0.25) is 0 Å². The highest BCUT2D eigenvalue weighted by Gasteiger charge is 2.21. The van der Waals surface area contributed by atoms with Gasteiger partial charge in [0.25, 0.3) is 0 Å².